The van der Waals surface area contributed by atoms with Gasteiger partial charge in [-0.05, 0) is 43.5 Å². The topological polar surface area (TPSA) is 50.8 Å². The predicted molar refractivity (Wildman–Crippen MR) is 101 cm³/mol. The Labute approximate surface area is 146 Å². The van der Waals surface area contributed by atoms with E-state index in [1.165, 1.54) is 16.5 Å². The van der Waals surface area contributed by atoms with Crippen LogP contribution < -0.4 is 4.74 Å². The van der Waals surface area contributed by atoms with E-state index in [-0.39, 0.29) is 0 Å². The molecule has 0 radical (unpaired) electrons. The Balaban J connectivity index is 1.87. The normalized spacial score (nSPS) is 11.3. The summed E-state index contributed by atoms with van der Waals surface area (Å²) in [6.07, 6.45) is 7.69. The van der Waals surface area contributed by atoms with Crippen LogP contribution in [-0.4, -0.2) is 15.0 Å². The first-order valence-electron chi connectivity index (χ1n) is 8.66. The number of ether oxygens (including phenoxy) is 1. The number of nitrogens with zero attached hydrogens (tertiary/aromatic N) is 2. The number of rotatable bonds is 4. The van der Waals surface area contributed by atoms with Crippen molar-refractivity contribution in [2.24, 2.45) is 0 Å². The van der Waals surface area contributed by atoms with Crippen molar-refractivity contribution in [2.45, 2.75) is 33.6 Å². The molecule has 126 valence electrons. The van der Waals surface area contributed by atoms with E-state index in [1.807, 2.05) is 36.7 Å². The van der Waals surface area contributed by atoms with Crippen LogP contribution in [0.3, 0.4) is 0 Å². The third-order valence-corrected chi connectivity index (χ3v) is 4.74. The first-order chi connectivity index (χ1) is 12.2. The standard InChI is InChI=1S/C21H21N3O/c1-4-6-16-12-23-21(20-19(16)13(2)14(3)24-20)25-18-8-5-7-15-11-22-10-9-17(15)18/h5,7-12,24H,4,6H2,1-3H3. The van der Waals surface area contributed by atoms with Crippen molar-refractivity contribution in [3.63, 3.8) is 0 Å². The van der Waals surface area contributed by atoms with Gasteiger partial charge in [0.05, 0.1) is 0 Å². The lowest BCUT2D eigenvalue weighted by molar-refractivity contribution is 0.473. The molecule has 4 nitrogen and oxygen atoms in total. The largest absolute Gasteiger partial charge is 0.436 e. The number of aromatic nitrogens is 3. The maximum Gasteiger partial charge on any atom is 0.243 e. The number of aryl methyl sites for hydroxylation is 3. The van der Waals surface area contributed by atoms with Crippen LogP contribution in [0.1, 0.15) is 30.2 Å². The Morgan fingerprint density at radius 3 is 2.84 bits per heavy atom. The van der Waals surface area contributed by atoms with Crippen molar-refractivity contribution in [1.82, 2.24) is 15.0 Å². The third-order valence-electron chi connectivity index (χ3n) is 4.74. The summed E-state index contributed by atoms with van der Waals surface area (Å²) in [6.45, 7) is 6.44. The molecule has 0 aliphatic rings. The van der Waals surface area contributed by atoms with E-state index in [2.05, 4.69) is 35.7 Å². The monoisotopic (exact) mass is 331 g/mol. The van der Waals surface area contributed by atoms with Gasteiger partial charge in [-0.1, -0.05) is 25.5 Å². The summed E-state index contributed by atoms with van der Waals surface area (Å²) in [5.74, 6) is 1.41. The summed E-state index contributed by atoms with van der Waals surface area (Å²) >= 11 is 0. The summed E-state index contributed by atoms with van der Waals surface area (Å²) in [6, 6.07) is 7.95. The summed E-state index contributed by atoms with van der Waals surface area (Å²) in [4.78, 5) is 12.3. The fourth-order valence-electron chi connectivity index (χ4n) is 3.37. The summed E-state index contributed by atoms with van der Waals surface area (Å²) in [5.41, 5.74) is 4.68. The first-order valence-corrected chi connectivity index (χ1v) is 8.66. The zero-order valence-corrected chi connectivity index (χ0v) is 14.8. The second kappa shape index (κ2) is 6.20. The van der Waals surface area contributed by atoms with Crippen LogP contribution >= 0.6 is 0 Å². The van der Waals surface area contributed by atoms with E-state index >= 15 is 0 Å². The Bertz CT molecular complexity index is 1060. The Morgan fingerprint density at radius 1 is 1.12 bits per heavy atom. The smallest absolute Gasteiger partial charge is 0.243 e. The number of fused-ring (bicyclic) bond motifs is 2. The fraction of sp³-hybridized carbons (Fsp3) is 0.238. The van der Waals surface area contributed by atoms with Crippen molar-refractivity contribution >= 4 is 21.7 Å². The molecule has 0 aliphatic carbocycles. The molecule has 0 bridgehead atoms. The van der Waals surface area contributed by atoms with Gasteiger partial charge in [0, 0.05) is 40.4 Å². The van der Waals surface area contributed by atoms with Gasteiger partial charge in [0.15, 0.2) is 0 Å². The van der Waals surface area contributed by atoms with Gasteiger partial charge in [-0.25, -0.2) is 4.98 Å². The van der Waals surface area contributed by atoms with E-state index in [0.717, 1.165) is 40.6 Å². The van der Waals surface area contributed by atoms with Gasteiger partial charge < -0.3 is 9.72 Å². The zero-order chi connectivity index (χ0) is 17.4. The highest BCUT2D eigenvalue weighted by Gasteiger charge is 2.16. The van der Waals surface area contributed by atoms with Gasteiger partial charge in [-0.2, -0.15) is 0 Å². The molecule has 0 unspecified atom stereocenters. The molecular formula is C21H21N3O. The van der Waals surface area contributed by atoms with E-state index in [9.17, 15) is 0 Å². The van der Waals surface area contributed by atoms with Crippen molar-refractivity contribution in [1.29, 1.82) is 0 Å². The van der Waals surface area contributed by atoms with Crippen LogP contribution in [-0.2, 0) is 6.42 Å². The van der Waals surface area contributed by atoms with Crippen LogP contribution in [0.15, 0.2) is 42.9 Å². The van der Waals surface area contributed by atoms with Crippen LogP contribution in [0.5, 0.6) is 11.6 Å². The van der Waals surface area contributed by atoms with E-state index in [1.54, 1.807) is 6.20 Å². The number of aromatic amines is 1. The minimum Gasteiger partial charge on any atom is -0.436 e. The molecule has 4 rings (SSSR count). The highest BCUT2D eigenvalue weighted by molar-refractivity contribution is 5.92. The SMILES string of the molecule is CCCc1cnc(Oc2cccc3cnccc23)c2[nH]c(C)c(C)c12. The number of H-pyrrole nitrogens is 1. The van der Waals surface area contributed by atoms with Gasteiger partial charge in [0.1, 0.15) is 11.3 Å². The molecule has 0 spiro atoms. The van der Waals surface area contributed by atoms with Crippen molar-refractivity contribution in [3.8, 4) is 11.6 Å². The molecule has 3 heterocycles. The Kier molecular flexibility index (Phi) is 3.88. The molecule has 25 heavy (non-hydrogen) atoms. The molecule has 0 saturated heterocycles. The van der Waals surface area contributed by atoms with Crippen LogP contribution in [0.25, 0.3) is 21.7 Å². The quantitative estimate of drug-likeness (QED) is 0.539. The molecule has 1 N–H and O–H groups in total. The minimum atomic E-state index is 0.621. The highest BCUT2D eigenvalue weighted by Crippen LogP contribution is 2.35. The number of hydrogen-bond donors (Lipinski definition) is 1. The third kappa shape index (κ3) is 2.64. The predicted octanol–water partition coefficient (Wildman–Crippen LogP) is 5.47. The Morgan fingerprint density at radius 2 is 2.00 bits per heavy atom. The lowest BCUT2D eigenvalue weighted by Crippen LogP contribution is -1.94. The average Bonchev–Trinajstić information content (AvgIpc) is 2.93. The highest BCUT2D eigenvalue weighted by atomic mass is 16.5. The van der Waals surface area contributed by atoms with Gasteiger partial charge in [-0.3, -0.25) is 4.98 Å². The maximum absolute atomic E-state index is 6.24. The van der Waals surface area contributed by atoms with Gasteiger partial charge in [-0.15, -0.1) is 0 Å². The average molecular weight is 331 g/mol. The molecule has 3 aromatic heterocycles. The summed E-state index contributed by atoms with van der Waals surface area (Å²) in [5, 5.41) is 3.33. The summed E-state index contributed by atoms with van der Waals surface area (Å²) < 4.78 is 6.24. The van der Waals surface area contributed by atoms with Crippen molar-refractivity contribution in [3.05, 3.63) is 59.7 Å². The van der Waals surface area contributed by atoms with Crippen LogP contribution in [0, 0.1) is 13.8 Å². The molecule has 0 fully saturated rings. The molecule has 1 aromatic carbocycles. The zero-order valence-electron chi connectivity index (χ0n) is 14.8. The molecule has 4 aromatic rings. The van der Waals surface area contributed by atoms with Gasteiger partial charge in [0.25, 0.3) is 0 Å². The summed E-state index contributed by atoms with van der Waals surface area (Å²) in [7, 11) is 0. The lowest BCUT2D eigenvalue weighted by atomic mass is 10.0. The van der Waals surface area contributed by atoms with Crippen LogP contribution in [0.2, 0.25) is 0 Å². The second-order valence-electron chi connectivity index (χ2n) is 6.42. The molecule has 0 amide bonds. The lowest BCUT2D eigenvalue weighted by Gasteiger charge is -2.10. The molecular weight excluding hydrogens is 310 g/mol. The van der Waals surface area contributed by atoms with E-state index in [0.29, 0.717) is 5.88 Å². The molecule has 0 aliphatic heterocycles. The fourth-order valence-corrected chi connectivity index (χ4v) is 3.37. The van der Waals surface area contributed by atoms with Crippen molar-refractivity contribution in [2.75, 3.05) is 0 Å². The van der Waals surface area contributed by atoms with Crippen LogP contribution in [0.4, 0.5) is 0 Å². The second-order valence-corrected chi connectivity index (χ2v) is 6.42. The molecule has 0 atom stereocenters. The minimum absolute atomic E-state index is 0.621. The van der Waals surface area contributed by atoms with Gasteiger partial charge >= 0.3 is 0 Å². The van der Waals surface area contributed by atoms with Crippen molar-refractivity contribution < 1.29 is 4.74 Å². The first kappa shape index (κ1) is 15.6. The number of pyridine rings is 2. The molecule has 4 heteroatoms. The maximum atomic E-state index is 6.24. The Hall–Kier alpha value is -2.88. The number of nitrogens with one attached hydrogen (secondary N) is 1. The van der Waals surface area contributed by atoms with Gasteiger partial charge in [0.2, 0.25) is 5.88 Å². The number of hydrogen-bond acceptors (Lipinski definition) is 3. The number of benzene rings is 1. The van der Waals surface area contributed by atoms with E-state index < -0.39 is 0 Å². The van der Waals surface area contributed by atoms with E-state index in [4.69, 9.17) is 4.74 Å². The molecule has 0 saturated carbocycles.